The first-order valence-electron chi connectivity index (χ1n) is 5.89. The highest BCUT2D eigenvalue weighted by atomic mass is 16.2. The molecule has 0 fully saturated rings. The molecule has 0 heterocycles. The van der Waals surface area contributed by atoms with Gasteiger partial charge in [0, 0.05) is 24.7 Å². The monoisotopic (exact) mass is 249 g/mol. The Bertz CT molecular complexity index is 432. The van der Waals surface area contributed by atoms with Crippen molar-refractivity contribution in [2.24, 2.45) is 11.7 Å². The molecule has 0 aliphatic carbocycles. The third-order valence-electron chi connectivity index (χ3n) is 2.63. The van der Waals surface area contributed by atoms with Gasteiger partial charge in [-0.1, -0.05) is 13.0 Å². The summed E-state index contributed by atoms with van der Waals surface area (Å²) in [5, 5.41) is 5.30. The Morgan fingerprint density at radius 3 is 2.44 bits per heavy atom. The molecule has 18 heavy (non-hydrogen) atoms. The lowest BCUT2D eigenvalue weighted by atomic mass is 10.1. The van der Waals surface area contributed by atoms with E-state index in [2.05, 4.69) is 10.6 Å². The number of benzene rings is 1. The molecule has 5 heteroatoms. The van der Waals surface area contributed by atoms with Crippen molar-refractivity contribution in [3.8, 4) is 0 Å². The molecule has 1 aromatic carbocycles. The summed E-state index contributed by atoms with van der Waals surface area (Å²) >= 11 is 0. The fourth-order valence-corrected chi connectivity index (χ4v) is 1.40. The second-order valence-corrected chi connectivity index (χ2v) is 4.21. The van der Waals surface area contributed by atoms with Crippen LogP contribution in [0.4, 0.5) is 0 Å². The number of carbonyl (C=O) groups excluding carboxylic acids is 2. The van der Waals surface area contributed by atoms with Crippen molar-refractivity contribution in [1.82, 2.24) is 10.6 Å². The zero-order valence-corrected chi connectivity index (χ0v) is 10.7. The van der Waals surface area contributed by atoms with E-state index < -0.39 is 0 Å². The van der Waals surface area contributed by atoms with Crippen molar-refractivity contribution < 1.29 is 9.59 Å². The average molecular weight is 249 g/mol. The van der Waals surface area contributed by atoms with Crippen molar-refractivity contribution in [1.29, 1.82) is 0 Å². The summed E-state index contributed by atoms with van der Waals surface area (Å²) in [7, 11) is 1.55. The van der Waals surface area contributed by atoms with E-state index in [1.54, 1.807) is 31.3 Å². The summed E-state index contributed by atoms with van der Waals surface area (Å²) in [6, 6.07) is 6.60. The molecule has 5 nitrogen and oxygen atoms in total. The van der Waals surface area contributed by atoms with Crippen LogP contribution in [0, 0.1) is 5.92 Å². The van der Waals surface area contributed by atoms with E-state index in [9.17, 15) is 9.59 Å². The van der Waals surface area contributed by atoms with Gasteiger partial charge in [-0.3, -0.25) is 9.59 Å². The highest BCUT2D eigenvalue weighted by Crippen LogP contribution is 2.05. The number of nitrogens with one attached hydrogen (secondary N) is 2. The van der Waals surface area contributed by atoms with Gasteiger partial charge in [-0.25, -0.2) is 0 Å². The van der Waals surface area contributed by atoms with E-state index in [1.165, 1.54) is 0 Å². The van der Waals surface area contributed by atoms with Crippen molar-refractivity contribution in [3.05, 3.63) is 35.4 Å². The Labute approximate surface area is 107 Å². The second-order valence-electron chi connectivity index (χ2n) is 4.21. The first kappa shape index (κ1) is 14.2. The van der Waals surface area contributed by atoms with Gasteiger partial charge in [0.15, 0.2) is 0 Å². The first-order valence-corrected chi connectivity index (χ1v) is 5.89. The quantitative estimate of drug-likeness (QED) is 0.705. The van der Waals surface area contributed by atoms with Crippen LogP contribution in [-0.2, 0) is 0 Å². The molecule has 2 amide bonds. The van der Waals surface area contributed by atoms with Crippen LogP contribution in [0.25, 0.3) is 0 Å². The van der Waals surface area contributed by atoms with Crippen LogP contribution >= 0.6 is 0 Å². The summed E-state index contributed by atoms with van der Waals surface area (Å²) < 4.78 is 0. The molecule has 0 saturated heterocycles. The Morgan fingerprint density at radius 1 is 1.28 bits per heavy atom. The molecule has 0 radical (unpaired) electrons. The summed E-state index contributed by atoms with van der Waals surface area (Å²) in [4.78, 5) is 23.3. The minimum Gasteiger partial charge on any atom is -0.355 e. The van der Waals surface area contributed by atoms with Gasteiger partial charge in [0.25, 0.3) is 11.8 Å². The number of amides is 2. The van der Waals surface area contributed by atoms with Crippen molar-refractivity contribution in [2.75, 3.05) is 20.1 Å². The molecule has 1 unspecified atom stereocenters. The number of hydrogen-bond acceptors (Lipinski definition) is 3. The third-order valence-corrected chi connectivity index (χ3v) is 2.63. The molecular weight excluding hydrogens is 230 g/mol. The maximum absolute atomic E-state index is 11.8. The predicted molar refractivity (Wildman–Crippen MR) is 70.4 cm³/mol. The summed E-state index contributed by atoms with van der Waals surface area (Å²) in [6.45, 7) is 3.01. The van der Waals surface area contributed by atoms with Crippen LogP contribution in [0.15, 0.2) is 24.3 Å². The highest BCUT2D eigenvalue weighted by Gasteiger charge is 2.10. The number of rotatable bonds is 5. The molecule has 0 aliphatic rings. The molecule has 1 aromatic rings. The fraction of sp³-hybridized carbons (Fsp3) is 0.385. The average Bonchev–Trinajstić information content (AvgIpc) is 2.43. The summed E-state index contributed by atoms with van der Waals surface area (Å²) in [5.74, 6) is -0.169. The van der Waals surface area contributed by atoms with Gasteiger partial charge in [-0.15, -0.1) is 0 Å². The Morgan fingerprint density at radius 2 is 1.89 bits per heavy atom. The molecule has 0 spiro atoms. The van der Waals surface area contributed by atoms with Crippen molar-refractivity contribution >= 4 is 11.8 Å². The SMILES string of the molecule is CNC(=O)c1cccc(C(=O)NCC(C)CN)c1. The highest BCUT2D eigenvalue weighted by molar-refractivity contribution is 5.99. The van der Waals surface area contributed by atoms with Crippen LogP contribution in [0.2, 0.25) is 0 Å². The summed E-state index contributed by atoms with van der Waals surface area (Å²) in [5.41, 5.74) is 6.42. The van der Waals surface area contributed by atoms with Gasteiger partial charge in [0.05, 0.1) is 0 Å². The number of carbonyl (C=O) groups is 2. The molecule has 0 aliphatic heterocycles. The van der Waals surface area contributed by atoms with E-state index in [0.29, 0.717) is 24.2 Å². The van der Waals surface area contributed by atoms with E-state index in [4.69, 9.17) is 5.73 Å². The second kappa shape index (κ2) is 6.76. The lowest BCUT2D eigenvalue weighted by Crippen LogP contribution is -2.31. The minimum atomic E-state index is -0.208. The molecule has 1 rings (SSSR count). The van der Waals surface area contributed by atoms with Crippen LogP contribution in [-0.4, -0.2) is 32.0 Å². The zero-order valence-electron chi connectivity index (χ0n) is 10.7. The van der Waals surface area contributed by atoms with E-state index in [0.717, 1.165) is 0 Å². The molecule has 0 bridgehead atoms. The Hall–Kier alpha value is -1.88. The lowest BCUT2D eigenvalue weighted by Gasteiger charge is -2.10. The van der Waals surface area contributed by atoms with Crippen molar-refractivity contribution in [2.45, 2.75) is 6.92 Å². The van der Waals surface area contributed by atoms with Gasteiger partial charge in [-0.05, 0) is 30.7 Å². The first-order chi connectivity index (χ1) is 8.58. The molecular formula is C13H19N3O2. The van der Waals surface area contributed by atoms with Crippen LogP contribution < -0.4 is 16.4 Å². The van der Waals surface area contributed by atoms with Gasteiger partial charge in [0.2, 0.25) is 0 Å². The third kappa shape index (κ3) is 3.85. The van der Waals surface area contributed by atoms with E-state index >= 15 is 0 Å². The summed E-state index contributed by atoms with van der Waals surface area (Å²) in [6.07, 6.45) is 0. The molecule has 4 N–H and O–H groups in total. The fourth-order valence-electron chi connectivity index (χ4n) is 1.40. The molecule has 98 valence electrons. The molecule has 1 atom stereocenters. The number of hydrogen-bond donors (Lipinski definition) is 3. The predicted octanol–water partition coefficient (Wildman–Crippen LogP) is 0.371. The van der Waals surface area contributed by atoms with Crippen LogP contribution in [0.1, 0.15) is 27.6 Å². The topological polar surface area (TPSA) is 84.2 Å². The standard InChI is InChI=1S/C13H19N3O2/c1-9(7-14)8-16-13(18)11-5-3-4-10(6-11)12(17)15-2/h3-6,9H,7-8,14H2,1-2H3,(H,15,17)(H,16,18). The van der Waals surface area contributed by atoms with Gasteiger partial charge < -0.3 is 16.4 Å². The van der Waals surface area contributed by atoms with Gasteiger partial charge >= 0.3 is 0 Å². The largest absolute Gasteiger partial charge is 0.355 e. The Balaban J connectivity index is 2.71. The normalized spacial score (nSPS) is 11.7. The van der Waals surface area contributed by atoms with E-state index in [-0.39, 0.29) is 17.7 Å². The molecule has 0 aromatic heterocycles. The van der Waals surface area contributed by atoms with Crippen LogP contribution in [0.5, 0.6) is 0 Å². The van der Waals surface area contributed by atoms with E-state index in [1.807, 2.05) is 6.92 Å². The smallest absolute Gasteiger partial charge is 0.251 e. The van der Waals surface area contributed by atoms with Gasteiger partial charge in [0.1, 0.15) is 0 Å². The molecule has 0 saturated carbocycles. The van der Waals surface area contributed by atoms with Crippen LogP contribution in [0.3, 0.4) is 0 Å². The Kier molecular flexibility index (Phi) is 5.32. The number of nitrogens with two attached hydrogens (primary N) is 1. The van der Waals surface area contributed by atoms with Crippen molar-refractivity contribution in [3.63, 3.8) is 0 Å². The lowest BCUT2D eigenvalue weighted by molar-refractivity contribution is 0.0948. The maximum Gasteiger partial charge on any atom is 0.251 e. The van der Waals surface area contributed by atoms with Gasteiger partial charge in [-0.2, -0.15) is 0 Å². The minimum absolute atomic E-state index is 0.193. The zero-order chi connectivity index (χ0) is 13.5. The maximum atomic E-state index is 11.8.